The Morgan fingerprint density at radius 1 is 1.03 bits per heavy atom. The first-order valence-electron chi connectivity index (χ1n) is 10.8. The lowest BCUT2D eigenvalue weighted by Crippen LogP contribution is -2.46. The van der Waals surface area contributed by atoms with Gasteiger partial charge in [-0.3, -0.25) is 14.4 Å². The summed E-state index contributed by atoms with van der Waals surface area (Å²) in [6.45, 7) is 5.35. The summed E-state index contributed by atoms with van der Waals surface area (Å²) in [4.78, 5) is 44.3. The number of aliphatic hydroxyl groups excluding tert-OH is 1. The number of hydrogen-bond acceptors (Lipinski definition) is 7. The number of nitrogens with one attached hydrogen (secondary N) is 2. The lowest BCUT2D eigenvalue weighted by Gasteiger charge is -2.26. The molecule has 0 heterocycles. The van der Waals surface area contributed by atoms with Crippen molar-refractivity contribution in [2.24, 2.45) is 5.41 Å². The number of unbranched alkanes of at least 4 members (excludes halogenated alkanes) is 5. The molecule has 2 amide bonds. The van der Waals surface area contributed by atoms with Crippen LogP contribution in [-0.4, -0.2) is 58.5 Å². The van der Waals surface area contributed by atoms with Crippen LogP contribution in [0.5, 0.6) is 0 Å². The number of hydrogen-bond donors (Lipinski definition) is 4. The Bertz CT molecular complexity index is 576. The zero-order valence-electron chi connectivity index (χ0n) is 18.9. The van der Waals surface area contributed by atoms with Gasteiger partial charge in [-0.05, 0) is 6.42 Å². The average molecular weight is 482 g/mol. The summed E-state index contributed by atoms with van der Waals surface area (Å²) >= 11 is 1.22. The molecule has 0 aliphatic heterocycles. The Morgan fingerprint density at radius 3 is 2.32 bits per heavy atom. The minimum absolute atomic E-state index is 0.0360. The summed E-state index contributed by atoms with van der Waals surface area (Å²) in [5.74, 6) is -0.448. The molecule has 0 aromatic rings. The van der Waals surface area contributed by atoms with Crippen molar-refractivity contribution in [2.75, 3.05) is 25.4 Å². The van der Waals surface area contributed by atoms with Gasteiger partial charge in [0.15, 0.2) is 5.12 Å². The standard InChI is InChI=1S/C20H37N2O7PS/c1-4-5-6-7-8-9-10-17(24)31-14-13-21-16(23)11-12-22-19(26)18(25)20(2,3)15-29-30(27)28/h18,25H,4-15H2,1-3H3,(H2-,21,22,23,26,27,28)/p+1/t18-/m1/s1. The number of amides is 2. The first-order valence-corrected chi connectivity index (χ1v) is 12.9. The Morgan fingerprint density at radius 2 is 1.68 bits per heavy atom. The van der Waals surface area contributed by atoms with Crippen molar-refractivity contribution in [1.82, 2.24) is 10.6 Å². The molecule has 0 aliphatic rings. The highest BCUT2D eigenvalue weighted by Crippen LogP contribution is 2.26. The molecular formula is C20H38N2O7PS+. The van der Waals surface area contributed by atoms with E-state index < -0.39 is 25.7 Å². The summed E-state index contributed by atoms with van der Waals surface area (Å²) in [5, 5.41) is 15.3. The maximum absolute atomic E-state index is 12.0. The smallest absolute Gasteiger partial charge is 0.383 e. The monoisotopic (exact) mass is 481 g/mol. The third-order valence-electron chi connectivity index (χ3n) is 4.61. The molecule has 0 aliphatic carbocycles. The predicted molar refractivity (Wildman–Crippen MR) is 122 cm³/mol. The van der Waals surface area contributed by atoms with E-state index in [0.717, 1.165) is 12.8 Å². The van der Waals surface area contributed by atoms with Crippen LogP contribution in [0.3, 0.4) is 0 Å². The molecule has 0 saturated heterocycles. The second-order valence-corrected chi connectivity index (χ2v) is 9.92. The van der Waals surface area contributed by atoms with Crippen LogP contribution in [0.2, 0.25) is 0 Å². The minimum atomic E-state index is -2.82. The highest BCUT2D eigenvalue weighted by molar-refractivity contribution is 8.13. The first kappa shape index (κ1) is 29.9. The maximum atomic E-state index is 12.0. The van der Waals surface area contributed by atoms with Gasteiger partial charge in [-0.25, -0.2) is 0 Å². The fraction of sp³-hybridized carbons (Fsp3) is 0.850. The number of carbonyl (C=O) groups is 3. The van der Waals surface area contributed by atoms with Crippen molar-refractivity contribution in [3.05, 3.63) is 0 Å². The van der Waals surface area contributed by atoms with Crippen molar-refractivity contribution in [3.63, 3.8) is 0 Å². The zero-order valence-corrected chi connectivity index (χ0v) is 20.6. The van der Waals surface area contributed by atoms with Gasteiger partial charge in [0.2, 0.25) is 11.8 Å². The largest absolute Gasteiger partial charge is 0.694 e. The number of rotatable bonds is 18. The summed E-state index contributed by atoms with van der Waals surface area (Å²) in [6.07, 6.45) is 5.98. The minimum Gasteiger partial charge on any atom is -0.383 e. The molecule has 2 atom stereocenters. The summed E-state index contributed by atoms with van der Waals surface area (Å²) in [7, 11) is -2.82. The van der Waals surface area contributed by atoms with E-state index in [1.807, 2.05) is 0 Å². The maximum Gasteiger partial charge on any atom is 0.694 e. The molecule has 11 heteroatoms. The van der Waals surface area contributed by atoms with Crippen LogP contribution in [-0.2, 0) is 23.5 Å². The predicted octanol–water partition coefficient (Wildman–Crippen LogP) is 2.67. The molecular weight excluding hydrogens is 443 g/mol. The van der Waals surface area contributed by atoms with Gasteiger partial charge in [-0.2, -0.15) is 0 Å². The van der Waals surface area contributed by atoms with Gasteiger partial charge in [0.05, 0.1) is 0 Å². The van der Waals surface area contributed by atoms with Gasteiger partial charge >= 0.3 is 8.25 Å². The molecule has 0 bridgehead atoms. The fourth-order valence-electron chi connectivity index (χ4n) is 2.62. The molecule has 1 unspecified atom stereocenters. The van der Waals surface area contributed by atoms with Crippen LogP contribution < -0.4 is 10.6 Å². The normalized spacial score (nSPS) is 12.9. The van der Waals surface area contributed by atoms with Crippen LogP contribution >= 0.6 is 20.0 Å². The van der Waals surface area contributed by atoms with E-state index in [1.54, 1.807) is 0 Å². The van der Waals surface area contributed by atoms with Crippen LogP contribution in [0.15, 0.2) is 0 Å². The topological polar surface area (TPSA) is 142 Å². The lowest BCUT2D eigenvalue weighted by molar-refractivity contribution is -0.136. The molecule has 0 spiro atoms. The van der Waals surface area contributed by atoms with Crippen LogP contribution in [0.25, 0.3) is 0 Å². The first-order chi connectivity index (χ1) is 14.6. The molecule has 0 saturated carbocycles. The SMILES string of the molecule is CCCCCCCCC(=O)SCCNC(=O)CCNC(=O)[C@@H](O)C(C)(C)CO[P+](=O)O. The quantitative estimate of drug-likeness (QED) is 0.173. The van der Waals surface area contributed by atoms with Gasteiger partial charge < -0.3 is 15.7 Å². The molecule has 0 rings (SSSR count). The van der Waals surface area contributed by atoms with Crippen molar-refractivity contribution in [1.29, 1.82) is 0 Å². The molecule has 180 valence electrons. The number of carbonyl (C=O) groups excluding carboxylic acids is 3. The molecule has 0 aromatic heterocycles. The van der Waals surface area contributed by atoms with Crippen LogP contribution in [0, 0.1) is 5.41 Å². The van der Waals surface area contributed by atoms with Crippen molar-refractivity contribution in [3.8, 4) is 0 Å². The van der Waals surface area contributed by atoms with Crippen molar-refractivity contribution in [2.45, 2.75) is 78.2 Å². The molecule has 31 heavy (non-hydrogen) atoms. The zero-order chi connectivity index (χ0) is 23.7. The number of thioether (sulfide) groups is 1. The Labute approximate surface area is 190 Å². The van der Waals surface area contributed by atoms with Crippen molar-refractivity contribution < 1.29 is 33.5 Å². The van der Waals surface area contributed by atoms with E-state index in [4.69, 9.17) is 4.89 Å². The summed E-state index contributed by atoms with van der Waals surface area (Å²) in [6, 6.07) is 0. The van der Waals surface area contributed by atoms with Gasteiger partial charge in [0.1, 0.15) is 12.7 Å². The second kappa shape index (κ2) is 17.5. The van der Waals surface area contributed by atoms with E-state index in [0.29, 0.717) is 18.7 Å². The van der Waals surface area contributed by atoms with E-state index >= 15 is 0 Å². The Kier molecular flexibility index (Phi) is 16.9. The van der Waals surface area contributed by atoms with E-state index in [9.17, 15) is 24.1 Å². The number of aliphatic hydroxyl groups is 1. The third kappa shape index (κ3) is 16.3. The summed E-state index contributed by atoms with van der Waals surface area (Å²) in [5.41, 5.74) is -1.07. The van der Waals surface area contributed by atoms with Crippen LogP contribution in [0.1, 0.15) is 72.1 Å². The van der Waals surface area contributed by atoms with E-state index in [-0.39, 0.29) is 30.6 Å². The van der Waals surface area contributed by atoms with Gasteiger partial charge in [0, 0.05) is 41.7 Å². The molecule has 0 radical (unpaired) electrons. The van der Waals surface area contributed by atoms with Gasteiger partial charge in [0.25, 0.3) is 0 Å². The lowest BCUT2D eigenvalue weighted by atomic mass is 9.87. The summed E-state index contributed by atoms with van der Waals surface area (Å²) < 4.78 is 15.2. The van der Waals surface area contributed by atoms with Crippen LogP contribution in [0.4, 0.5) is 0 Å². The Hall–Kier alpha value is -1.06. The second-order valence-electron chi connectivity index (χ2n) is 8.03. The molecule has 0 fully saturated rings. The van der Waals surface area contributed by atoms with Crippen molar-refractivity contribution >= 4 is 36.9 Å². The van der Waals surface area contributed by atoms with E-state index in [2.05, 4.69) is 22.1 Å². The fourth-order valence-corrected chi connectivity index (χ4v) is 3.78. The molecule has 9 nitrogen and oxygen atoms in total. The average Bonchev–Trinajstić information content (AvgIpc) is 2.71. The molecule has 0 aromatic carbocycles. The highest BCUT2D eigenvalue weighted by atomic mass is 32.2. The Balaban J connectivity index is 3.84. The van der Waals surface area contributed by atoms with Gasteiger partial charge in [-0.15, -0.1) is 9.42 Å². The molecule has 4 N–H and O–H groups in total. The third-order valence-corrected chi connectivity index (χ3v) is 5.89. The van der Waals surface area contributed by atoms with E-state index in [1.165, 1.54) is 51.3 Å². The highest BCUT2D eigenvalue weighted by Gasteiger charge is 2.36. The van der Waals surface area contributed by atoms with Gasteiger partial charge in [-0.1, -0.05) is 64.6 Å².